The number of hydrogen-bond donors (Lipinski definition) is 6. The summed E-state index contributed by atoms with van der Waals surface area (Å²) in [7, 11) is -4.46. The number of primary sulfonamides is 1. The van der Waals surface area contributed by atoms with E-state index in [0.29, 0.717) is 22.2 Å². The molecule has 0 saturated heterocycles. The molecule has 4 rings (SSSR count). The fourth-order valence-corrected chi connectivity index (χ4v) is 5.55. The summed E-state index contributed by atoms with van der Waals surface area (Å²) in [5.41, 5.74) is 13.6. The number of para-hydroxylation sites is 1. The zero-order valence-corrected chi connectivity index (χ0v) is 18.2. The molecule has 0 fully saturated rings. The maximum Gasteiger partial charge on any atom is 0.239 e. The molecule has 0 aliphatic rings. The van der Waals surface area contributed by atoms with Gasteiger partial charge in [-0.3, -0.25) is 0 Å². The lowest BCUT2D eigenvalue weighted by molar-refractivity contribution is 0.532. The number of H-pyrrole nitrogens is 2. The molecule has 2 aromatic heterocycles. The van der Waals surface area contributed by atoms with Crippen LogP contribution >= 0.6 is 0 Å². The highest BCUT2D eigenvalue weighted by molar-refractivity contribution is 7.89. The number of hydrogen-bond acceptors (Lipinski definition) is 9. The molecule has 9 N–H and O–H groups in total. The summed E-state index contributed by atoms with van der Waals surface area (Å²) in [6, 6.07) is 7.29. The Kier molecular flexibility index (Phi) is 5.51. The first-order valence-electron chi connectivity index (χ1n) is 9.13. The standard InChI is InChI=1S/C17H19N9O4S2/c1-7(18)14(31(27)28)10-6-5-8(9-3-2-4-11-13(9)22-17(19)21-11)12(15(10)32(20,29)30)16-23-25-26-24-16/h2-7,14H,18H2,1H3,(H,27,28)(H3,19,21,22)(H2,20,29,30)(H,23,24,25,26)/t7-,14?/m1/s1. The topological polar surface area (TPSA) is 233 Å². The predicted octanol–water partition coefficient (Wildman–Crippen LogP) is 0.250. The number of fused-ring (bicyclic) bond motifs is 1. The van der Waals surface area contributed by atoms with E-state index in [9.17, 15) is 17.2 Å². The van der Waals surface area contributed by atoms with Crippen molar-refractivity contribution in [3.63, 3.8) is 0 Å². The first-order valence-corrected chi connectivity index (χ1v) is 11.8. The molecule has 0 aliphatic heterocycles. The number of tetrazole rings is 1. The second kappa shape index (κ2) is 8.03. The fraction of sp³-hybridized carbons (Fsp3) is 0.176. The molecule has 4 aromatic rings. The van der Waals surface area contributed by atoms with E-state index in [4.69, 9.17) is 16.6 Å². The van der Waals surface area contributed by atoms with Crippen LogP contribution in [0, 0.1) is 0 Å². The minimum atomic E-state index is -4.46. The monoisotopic (exact) mass is 477 g/mol. The molecule has 0 spiro atoms. The number of nitrogens with two attached hydrogens (primary N) is 3. The van der Waals surface area contributed by atoms with E-state index in [1.807, 2.05) is 0 Å². The number of aromatic nitrogens is 6. The van der Waals surface area contributed by atoms with Gasteiger partial charge in [-0.05, 0) is 29.3 Å². The van der Waals surface area contributed by atoms with Crippen molar-refractivity contribution in [3.05, 3.63) is 35.9 Å². The number of aromatic amines is 2. The van der Waals surface area contributed by atoms with Gasteiger partial charge in [0.05, 0.1) is 21.5 Å². The Morgan fingerprint density at radius 2 is 1.94 bits per heavy atom. The number of rotatable bonds is 6. The Morgan fingerprint density at radius 3 is 2.53 bits per heavy atom. The van der Waals surface area contributed by atoms with Gasteiger partial charge < -0.3 is 21.0 Å². The van der Waals surface area contributed by atoms with Gasteiger partial charge in [0.1, 0.15) is 5.25 Å². The van der Waals surface area contributed by atoms with Crippen LogP contribution in [0.4, 0.5) is 5.95 Å². The van der Waals surface area contributed by atoms with Crippen molar-refractivity contribution in [2.75, 3.05) is 5.73 Å². The van der Waals surface area contributed by atoms with Crippen molar-refractivity contribution in [2.24, 2.45) is 10.9 Å². The third-order valence-electron chi connectivity index (χ3n) is 4.86. The van der Waals surface area contributed by atoms with E-state index < -0.39 is 37.3 Å². The van der Waals surface area contributed by atoms with Gasteiger partial charge in [0.15, 0.2) is 17.0 Å². The number of nitrogens with one attached hydrogen (secondary N) is 2. The first kappa shape index (κ1) is 22.0. The van der Waals surface area contributed by atoms with Crippen molar-refractivity contribution >= 4 is 38.1 Å². The lowest BCUT2D eigenvalue weighted by Gasteiger charge is -2.22. The number of nitrogen functional groups attached to an aromatic ring is 1. The van der Waals surface area contributed by atoms with Crippen molar-refractivity contribution in [1.82, 2.24) is 30.6 Å². The summed E-state index contributed by atoms with van der Waals surface area (Å²) in [5.74, 6) is 0.0862. The highest BCUT2D eigenvalue weighted by Gasteiger charge is 2.34. The lowest BCUT2D eigenvalue weighted by atomic mass is 9.94. The SMILES string of the molecule is C[C@@H](N)C(c1ccc(-c2cccc3[nH]c(N)nc23)c(-c2nn[nH]n2)c1S(N)(=O)=O)S(=O)O. The predicted molar refractivity (Wildman–Crippen MR) is 118 cm³/mol. The van der Waals surface area contributed by atoms with Gasteiger partial charge in [0, 0.05) is 11.6 Å². The van der Waals surface area contributed by atoms with Crippen LogP contribution in [0.3, 0.4) is 0 Å². The third-order valence-corrected chi connectivity index (χ3v) is 6.99. The fourth-order valence-electron chi connectivity index (χ4n) is 3.69. The summed E-state index contributed by atoms with van der Waals surface area (Å²) < 4.78 is 47.5. The van der Waals surface area contributed by atoms with E-state index in [1.54, 1.807) is 24.3 Å². The van der Waals surface area contributed by atoms with E-state index >= 15 is 0 Å². The van der Waals surface area contributed by atoms with Crippen LogP contribution in [0.25, 0.3) is 33.5 Å². The molecule has 13 nitrogen and oxygen atoms in total. The molecule has 168 valence electrons. The summed E-state index contributed by atoms with van der Waals surface area (Å²) in [4.78, 5) is 6.77. The quantitative estimate of drug-likeness (QED) is 0.207. The minimum Gasteiger partial charge on any atom is -0.369 e. The zero-order valence-electron chi connectivity index (χ0n) is 16.6. The number of benzene rings is 2. The highest BCUT2D eigenvalue weighted by Crippen LogP contribution is 2.42. The molecule has 0 amide bonds. The van der Waals surface area contributed by atoms with Crippen LogP contribution < -0.4 is 16.6 Å². The zero-order chi connectivity index (χ0) is 23.2. The van der Waals surface area contributed by atoms with E-state index in [1.165, 1.54) is 13.0 Å². The molecule has 32 heavy (non-hydrogen) atoms. The average molecular weight is 478 g/mol. The van der Waals surface area contributed by atoms with Crippen LogP contribution in [-0.4, -0.2) is 53.8 Å². The third kappa shape index (κ3) is 3.76. The second-order valence-electron chi connectivity index (χ2n) is 7.07. The molecule has 0 saturated carbocycles. The smallest absolute Gasteiger partial charge is 0.239 e. The van der Waals surface area contributed by atoms with E-state index in [-0.39, 0.29) is 22.9 Å². The van der Waals surface area contributed by atoms with Gasteiger partial charge in [-0.15, -0.1) is 10.2 Å². The second-order valence-corrected chi connectivity index (χ2v) is 9.63. The van der Waals surface area contributed by atoms with Crippen molar-refractivity contribution in [1.29, 1.82) is 0 Å². The summed E-state index contributed by atoms with van der Waals surface area (Å²) in [6.07, 6.45) is 0. The Balaban J connectivity index is 2.17. The van der Waals surface area contributed by atoms with Gasteiger partial charge in [0.2, 0.25) is 15.8 Å². The molecule has 2 unspecified atom stereocenters. The van der Waals surface area contributed by atoms with Gasteiger partial charge in [-0.2, -0.15) is 5.21 Å². The maximum absolute atomic E-state index is 12.8. The normalized spacial score (nSPS) is 15.0. The summed E-state index contributed by atoms with van der Waals surface area (Å²) >= 11 is -2.50. The molecule has 2 aromatic carbocycles. The minimum absolute atomic E-state index is 0.0103. The molecule has 15 heteroatoms. The molecule has 3 atom stereocenters. The number of imidazole rings is 1. The van der Waals surface area contributed by atoms with Crippen molar-refractivity contribution in [2.45, 2.75) is 23.1 Å². The van der Waals surface area contributed by atoms with Gasteiger partial charge in [0.25, 0.3) is 0 Å². The van der Waals surface area contributed by atoms with Crippen LogP contribution in [0.2, 0.25) is 0 Å². The molecular weight excluding hydrogens is 458 g/mol. The Morgan fingerprint density at radius 1 is 1.19 bits per heavy atom. The Hall–Kier alpha value is -3.24. The van der Waals surface area contributed by atoms with E-state index in [2.05, 4.69) is 30.6 Å². The van der Waals surface area contributed by atoms with Crippen molar-refractivity contribution < 1.29 is 17.2 Å². The molecule has 2 heterocycles. The Labute approximate surface area is 184 Å². The highest BCUT2D eigenvalue weighted by atomic mass is 32.2. The van der Waals surface area contributed by atoms with Crippen LogP contribution in [0.1, 0.15) is 17.7 Å². The number of sulfonamides is 1. The maximum atomic E-state index is 12.8. The molecule has 0 bridgehead atoms. The van der Waals surface area contributed by atoms with E-state index in [0.717, 1.165) is 0 Å². The first-order chi connectivity index (χ1) is 15.1. The summed E-state index contributed by atoms with van der Waals surface area (Å²) in [5, 5.41) is 18.0. The molecule has 0 aliphatic carbocycles. The largest absolute Gasteiger partial charge is 0.369 e. The number of anilines is 1. The molecule has 0 radical (unpaired) electrons. The summed E-state index contributed by atoms with van der Waals surface area (Å²) in [6.45, 7) is 1.49. The number of nitrogens with zero attached hydrogens (tertiary/aromatic N) is 4. The Bertz CT molecular complexity index is 1430. The molecular formula is C17H19N9O4S2. The van der Waals surface area contributed by atoms with Crippen molar-refractivity contribution in [3.8, 4) is 22.5 Å². The van der Waals surface area contributed by atoms with Gasteiger partial charge >= 0.3 is 0 Å². The van der Waals surface area contributed by atoms with Crippen LogP contribution in [-0.2, 0) is 21.1 Å². The average Bonchev–Trinajstić information content (AvgIpc) is 3.34. The lowest BCUT2D eigenvalue weighted by Crippen LogP contribution is -2.30. The van der Waals surface area contributed by atoms with Gasteiger partial charge in [-0.25, -0.2) is 22.7 Å². The van der Waals surface area contributed by atoms with Gasteiger partial charge in [-0.1, -0.05) is 24.3 Å². The van der Waals surface area contributed by atoms with Crippen LogP contribution in [0.15, 0.2) is 35.2 Å². The van der Waals surface area contributed by atoms with Crippen LogP contribution in [0.5, 0.6) is 0 Å².